The van der Waals surface area contributed by atoms with Crippen molar-refractivity contribution in [3.8, 4) is 5.69 Å². The van der Waals surface area contributed by atoms with Crippen LogP contribution < -0.4 is 0 Å². The van der Waals surface area contributed by atoms with Crippen LogP contribution in [0.3, 0.4) is 0 Å². The maximum absolute atomic E-state index is 4.62. The Kier molecular flexibility index (Phi) is 5.13. The first-order valence-corrected chi connectivity index (χ1v) is 11.9. The Balaban J connectivity index is 1.41. The fourth-order valence-corrected chi connectivity index (χ4v) is 5.10. The molecular formula is C27H21N5S. The topological polar surface area (TPSA) is 59.4 Å². The van der Waals surface area contributed by atoms with E-state index < -0.39 is 0 Å². The van der Waals surface area contributed by atoms with Crippen molar-refractivity contribution in [2.75, 3.05) is 0 Å². The monoisotopic (exact) mass is 447 g/mol. The maximum atomic E-state index is 4.62. The summed E-state index contributed by atoms with van der Waals surface area (Å²) < 4.78 is 2.16. The molecule has 0 amide bonds. The van der Waals surface area contributed by atoms with Crippen molar-refractivity contribution in [2.45, 2.75) is 17.3 Å². The van der Waals surface area contributed by atoms with E-state index in [0.717, 1.165) is 39.1 Å². The molecule has 0 aliphatic rings. The van der Waals surface area contributed by atoms with Crippen LogP contribution in [0.1, 0.15) is 17.1 Å². The first-order chi connectivity index (χ1) is 16.4. The van der Waals surface area contributed by atoms with Crippen LogP contribution >= 0.6 is 11.8 Å². The predicted molar refractivity (Wildman–Crippen MR) is 134 cm³/mol. The minimum absolute atomic E-state index is 0.677. The first-order valence-electron chi connectivity index (χ1n) is 10.9. The van der Waals surface area contributed by atoms with Crippen molar-refractivity contribution in [1.29, 1.82) is 0 Å². The number of hydrogen-bond acceptors (Lipinski definition) is 4. The van der Waals surface area contributed by atoms with Gasteiger partial charge in [0.2, 0.25) is 0 Å². The predicted octanol–water partition coefficient (Wildman–Crippen LogP) is 6.18. The van der Waals surface area contributed by atoms with Gasteiger partial charge in [-0.05, 0) is 35.9 Å². The molecule has 0 aliphatic heterocycles. The number of benzene rings is 3. The first kappa shape index (κ1) is 19.8. The Morgan fingerprint density at radius 3 is 2.45 bits per heavy atom. The van der Waals surface area contributed by atoms with Crippen LogP contribution in [-0.2, 0) is 12.2 Å². The van der Waals surface area contributed by atoms with Crippen molar-refractivity contribution in [3.05, 3.63) is 114 Å². The molecule has 6 aromatic rings. The van der Waals surface area contributed by atoms with Crippen LogP contribution in [0.2, 0.25) is 0 Å². The molecule has 0 radical (unpaired) electrons. The summed E-state index contributed by atoms with van der Waals surface area (Å²) in [5.74, 6) is 1.65. The molecule has 6 heteroatoms. The third kappa shape index (κ3) is 3.79. The van der Waals surface area contributed by atoms with E-state index in [9.17, 15) is 0 Å². The van der Waals surface area contributed by atoms with Crippen molar-refractivity contribution in [1.82, 2.24) is 24.7 Å². The van der Waals surface area contributed by atoms with E-state index in [1.165, 1.54) is 16.3 Å². The van der Waals surface area contributed by atoms with Gasteiger partial charge in [-0.2, -0.15) is 0 Å². The number of rotatable bonds is 6. The minimum atomic E-state index is 0.677. The number of nitrogens with zero attached hydrogens (tertiary/aromatic N) is 4. The molecule has 5 nitrogen and oxygen atoms in total. The summed E-state index contributed by atoms with van der Waals surface area (Å²) in [6, 6.07) is 31.2. The minimum Gasteiger partial charge on any atom is -0.354 e. The number of aromatic nitrogens is 5. The molecule has 0 aliphatic carbocycles. The van der Waals surface area contributed by atoms with Crippen molar-refractivity contribution in [3.63, 3.8) is 0 Å². The molecule has 0 spiro atoms. The van der Waals surface area contributed by atoms with E-state index in [4.69, 9.17) is 0 Å². The number of aromatic amines is 1. The Bertz CT molecular complexity index is 1540. The van der Waals surface area contributed by atoms with E-state index in [-0.39, 0.29) is 0 Å². The van der Waals surface area contributed by atoms with Crippen LogP contribution in [0.4, 0.5) is 0 Å². The summed E-state index contributed by atoms with van der Waals surface area (Å²) in [6.45, 7) is 0. The quantitative estimate of drug-likeness (QED) is 0.310. The smallest absolute Gasteiger partial charge is 0.196 e. The van der Waals surface area contributed by atoms with E-state index in [1.807, 2.05) is 42.6 Å². The highest BCUT2D eigenvalue weighted by Crippen LogP contribution is 2.30. The Morgan fingerprint density at radius 1 is 0.758 bits per heavy atom. The molecular weight excluding hydrogens is 426 g/mol. The van der Waals surface area contributed by atoms with Crippen LogP contribution in [0.5, 0.6) is 0 Å². The van der Waals surface area contributed by atoms with E-state index in [1.54, 1.807) is 11.8 Å². The third-order valence-electron chi connectivity index (χ3n) is 5.77. The summed E-state index contributed by atoms with van der Waals surface area (Å²) in [7, 11) is 0. The molecule has 6 rings (SSSR count). The molecule has 1 N–H and O–H groups in total. The fraction of sp³-hybridized carbons (Fsp3) is 0.0741. The van der Waals surface area contributed by atoms with Crippen LogP contribution in [-0.4, -0.2) is 24.7 Å². The summed E-state index contributed by atoms with van der Waals surface area (Å²) in [5, 5.41) is 12.5. The number of H-pyrrole nitrogens is 1. The summed E-state index contributed by atoms with van der Waals surface area (Å²) in [5.41, 5.74) is 5.59. The number of thioether (sulfide) groups is 1. The van der Waals surface area contributed by atoms with Crippen molar-refractivity contribution >= 4 is 33.6 Å². The van der Waals surface area contributed by atoms with E-state index in [0.29, 0.717) is 6.42 Å². The molecule has 3 heterocycles. The highest BCUT2D eigenvalue weighted by molar-refractivity contribution is 7.98. The Labute approximate surface area is 195 Å². The average molecular weight is 448 g/mol. The van der Waals surface area contributed by atoms with E-state index >= 15 is 0 Å². The van der Waals surface area contributed by atoms with Crippen LogP contribution in [0.15, 0.2) is 102 Å². The molecule has 33 heavy (non-hydrogen) atoms. The van der Waals surface area contributed by atoms with Gasteiger partial charge in [0.25, 0.3) is 0 Å². The highest BCUT2D eigenvalue weighted by Gasteiger charge is 2.17. The summed E-state index contributed by atoms with van der Waals surface area (Å²) in [6.07, 6.45) is 2.50. The van der Waals surface area contributed by atoms with Gasteiger partial charge in [0.1, 0.15) is 5.82 Å². The zero-order valence-electron chi connectivity index (χ0n) is 17.8. The molecule has 0 atom stereocenters. The van der Waals surface area contributed by atoms with Gasteiger partial charge in [0.05, 0.1) is 11.2 Å². The number of fused-ring (bicyclic) bond motifs is 3. The average Bonchev–Trinajstić information content (AvgIpc) is 3.46. The van der Waals surface area contributed by atoms with Gasteiger partial charge in [-0.25, -0.2) is 0 Å². The number of hydrogen-bond donors (Lipinski definition) is 1. The zero-order valence-corrected chi connectivity index (χ0v) is 18.7. The number of pyridine rings is 1. The van der Waals surface area contributed by atoms with Gasteiger partial charge in [-0.15, -0.1) is 10.2 Å². The summed E-state index contributed by atoms with van der Waals surface area (Å²) in [4.78, 5) is 8.05. The van der Waals surface area contributed by atoms with Gasteiger partial charge >= 0.3 is 0 Å². The standard InChI is InChI=1S/C27H21N5S/c1-2-11-21(12-3-1)32-25(30-31-27(32)33-18-20-10-6-7-16-28-20)17-19-9-8-14-23-22-13-4-5-15-24(22)29-26(19)23/h1-16,29H,17-18H2. The molecule has 0 saturated heterocycles. The molecule has 0 saturated carbocycles. The van der Waals surface area contributed by atoms with Gasteiger partial charge in [0, 0.05) is 40.3 Å². The van der Waals surface area contributed by atoms with Crippen molar-refractivity contribution in [2.24, 2.45) is 0 Å². The van der Waals surface area contributed by atoms with Gasteiger partial charge in [-0.3, -0.25) is 9.55 Å². The largest absolute Gasteiger partial charge is 0.354 e. The Hall–Kier alpha value is -3.90. The molecule has 160 valence electrons. The normalized spacial score (nSPS) is 11.4. The van der Waals surface area contributed by atoms with Crippen molar-refractivity contribution < 1.29 is 0 Å². The fourth-order valence-electron chi connectivity index (χ4n) is 4.22. The molecule has 0 bridgehead atoms. The molecule has 0 unspecified atom stereocenters. The molecule has 0 fully saturated rings. The molecule has 3 aromatic carbocycles. The Morgan fingerprint density at radius 2 is 1.58 bits per heavy atom. The third-order valence-corrected chi connectivity index (χ3v) is 6.73. The summed E-state index contributed by atoms with van der Waals surface area (Å²) >= 11 is 1.65. The lowest BCUT2D eigenvalue weighted by Crippen LogP contribution is -2.04. The second kappa shape index (κ2) is 8.56. The van der Waals surface area contributed by atoms with Gasteiger partial charge < -0.3 is 4.98 Å². The lowest BCUT2D eigenvalue weighted by atomic mass is 10.1. The molecule has 3 aromatic heterocycles. The van der Waals surface area contributed by atoms with Gasteiger partial charge in [0.15, 0.2) is 5.16 Å². The SMILES string of the molecule is c1ccc(-n2c(Cc3cccc4c3[nH]c3ccccc34)nnc2SCc2ccccn2)cc1. The lowest BCUT2D eigenvalue weighted by molar-refractivity contribution is 0.848. The zero-order chi connectivity index (χ0) is 22.0. The lowest BCUT2D eigenvalue weighted by Gasteiger charge is -2.11. The van der Waals surface area contributed by atoms with E-state index in [2.05, 4.69) is 79.3 Å². The van der Waals surface area contributed by atoms with Crippen LogP contribution in [0, 0.1) is 0 Å². The second-order valence-corrected chi connectivity index (χ2v) is 8.81. The number of nitrogens with one attached hydrogen (secondary N) is 1. The van der Waals surface area contributed by atoms with Gasteiger partial charge in [-0.1, -0.05) is 72.4 Å². The van der Waals surface area contributed by atoms with Crippen LogP contribution in [0.25, 0.3) is 27.5 Å². The second-order valence-electron chi connectivity index (χ2n) is 7.87. The maximum Gasteiger partial charge on any atom is 0.196 e. The highest BCUT2D eigenvalue weighted by atomic mass is 32.2. The number of para-hydroxylation sites is 3.